The third kappa shape index (κ3) is 5.22. The molecule has 0 atom stereocenters. The summed E-state index contributed by atoms with van der Waals surface area (Å²) in [6, 6.07) is 9.64. The molecule has 0 bridgehead atoms. The van der Waals surface area contributed by atoms with E-state index in [2.05, 4.69) is 15.6 Å². The second kappa shape index (κ2) is 9.50. The highest BCUT2D eigenvalue weighted by Gasteiger charge is 2.06. The van der Waals surface area contributed by atoms with Gasteiger partial charge >= 0.3 is 0 Å². The Morgan fingerprint density at radius 1 is 1.17 bits per heavy atom. The van der Waals surface area contributed by atoms with Crippen LogP contribution in [0.2, 0.25) is 0 Å². The second-order valence-corrected chi connectivity index (χ2v) is 5.05. The fourth-order valence-electron chi connectivity index (χ4n) is 2.18. The standard InChI is InChI=1S/C18H25N3O3/c1-4-19-18(21-13-15-7-6-10-24-15)20-12-14-8-9-16(22-3)17(11-14)23-5-2/h6-11H,4-5,12-13H2,1-3H3,(H2,19,20,21). The number of methoxy groups -OCH3 is 1. The summed E-state index contributed by atoms with van der Waals surface area (Å²) in [5, 5.41) is 6.46. The fraction of sp³-hybridized carbons (Fsp3) is 0.389. The van der Waals surface area contributed by atoms with Crippen LogP contribution in [0.5, 0.6) is 11.5 Å². The Morgan fingerprint density at radius 3 is 2.71 bits per heavy atom. The number of nitrogens with one attached hydrogen (secondary N) is 2. The summed E-state index contributed by atoms with van der Waals surface area (Å²) in [7, 11) is 1.64. The summed E-state index contributed by atoms with van der Waals surface area (Å²) in [5.41, 5.74) is 1.05. The van der Waals surface area contributed by atoms with Crippen molar-refractivity contribution in [3.63, 3.8) is 0 Å². The summed E-state index contributed by atoms with van der Waals surface area (Å²) >= 11 is 0. The van der Waals surface area contributed by atoms with Crippen molar-refractivity contribution in [1.29, 1.82) is 0 Å². The van der Waals surface area contributed by atoms with Crippen LogP contribution >= 0.6 is 0 Å². The zero-order valence-corrected chi connectivity index (χ0v) is 14.5. The summed E-state index contributed by atoms with van der Waals surface area (Å²) in [5.74, 6) is 3.07. The van der Waals surface area contributed by atoms with E-state index in [4.69, 9.17) is 13.9 Å². The van der Waals surface area contributed by atoms with Crippen LogP contribution < -0.4 is 20.1 Å². The average molecular weight is 331 g/mol. The number of rotatable bonds is 8. The van der Waals surface area contributed by atoms with Gasteiger partial charge in [-0.3, -0.25) is 0 Å². The van der Waals surface area contributed by atoms with Gasteiger partial charge in [0.25, 0.3) is 0 Å². The molecule has 24 heavy (non-hydrogen) atoms. The van der Waals surface area contributed by atoms with Crippen LogP contribution in [0.1, 0.15) is 25.2 Å². The highest BCUT2D eigenvalue weighted by Crippen LogP contribution is 2.28. The van der Waals surface area contributed by atoms with Gasteiger partial charge in [0.15, 0.2) is 17.5 Å². The lowest BCUT2D eigenvalue weighted by atomic mass is 10.2. The maximum absolute atomic E-state index is 5.60. The number of hydrogen-bond acceptors (Lipinski definition) is 4. The van der Waals surface area contributed by atoms with Gasteiger partial charge in [0.05, 0.1) is 33.1 Å². The molecule has 1 heterocycles. The van der Waals surface area contributed by atoms with Crippen molar-refractivity contribution >= 4 is 5.96 Å². The molecule has 1 aromatic carbocycles. The van der Waals surface area contributed by atoms with E-state index in [0.717, 1.165) is 35.3 Å². The zero-order valence-electron chi connectivity index (χ0n) is 14.5. The van der Waals surface area contributed by atoms with Gasteiger partial charge in [-0.25, -0.2) is 4.99 Å². The van der Waals surface area contributed by atoms with Crippen LogP contribution in [0.3, 0.4) is 0 Å². The van der Waals surface area contributed by atoms with Crippen LogP contribution in [0.15, 0.2) is 46.0 Å². The first-order valence-electron chi connectivity index (χ1n) is 8.11. The minimum Gasteiger partial charge on any atom is -0.493 e. The molecule has 0 unspecified atom stereocenters. The lowest BCUT2D eigenvalue weighted by molar-refractivity contribution is 0.310. The topological polar surface area (TPSA) is 68.0 Å². The number of ether oxygens (including phenoxy) is 2. The van der Waals surface area contributed by atoms with Crippen molar-refractivity contribution in [1.82, 2.24) is 10.6 Å². The SMILES string of the molecule is CCNC(=NCc1ccc(OC)c(OCC)c1)NCc1ccco1. The van der Waals surface area contributed by atoms with Crippen LogP contribution in [0.25, 0.3) is 0 Å². The Hall–Kier alpha value is -2.63. The van der Waals surface area contributed by atoms with E-state index >= 15 is 0 Å². The van der Waals surface area contributed by atoms with Crippen LogP contribution in [-0.4, -0.2) is 26.2 Å². The molecule has 6 nitrogen and oxygen atoms in total. The number of aliphatic imine (C=N–C) groups is 1. The highest BCUT2D eigenvalue weighted by molar-refractivity contribution is 5.79. The van der Waals surface area contributed by atoms with Crippen LogP contribution in [0, 0.1) is 0 Å². The molecule has 0 radical (unpaired) electrons. The van der Waals surface area contributed by atoms with Gasteiger partial charge in [-0.1, -0.05) is 6.07 Å². The Labute approximate surface area is 142 Å². The molecule has 1 aromatic heterocycles. The normalized spacial score (nSPS) is 11.2. The Balaban J connectivity index is 2.02. The third-order valence-corrected chi connectivity index (χ3v) is 3.30. The first-order valence-corrected chi connectivity index (χ1v) is 8.11. The molecule has 2 rings (SSSR count). The molecule has 0 saturated carbocycles. The number of furan rings is 1. The molecular formula is C18H25N3O3. The van der Waals surface area contributed by atoms with E-state index in [-0.39, 0.29) is 0 Å². The van der Waals surface area contributed by atoms with Crippen LogP contribution in [0.4, 0.5) is 0 Å². The maximum atomic E-state index is 5.60. The number of nitrogens with zero attached hydrogens (tertiary/aromatic N) is 1. The van der Waals surface area contributed by atoms with Crippen molar-refractivity contribution in [2.45, 2.75) is 26.9 Å². The minimum absolute atomic E-state index is 0.539. The monoisotopic (exact) mass is 331 g/mol. The first-order chi connectivity index (χ1) is 11.8. The van der Waals surface area contributed by atoms with Crippen molar-refractivity contribution in [2.24, 2.45) is 4.99 Å². The molecule has 130 valence electrons. The molecule has 2 aromatic rings. The van der Waals surface area contributed by atoms with E-state index in [1.165, 1.54) is 0 Å². The highest BCUT2D eigenvalue weighted by atomic mass is 16.5. The largest absolute Gasteiger partial charge is 0.493 e. The maximum Gasteiger partial charge on any atom is 0.191 e. The van der Waals surface area contributed by atoms with Crippen molar-refractivity contribution in [2.75, 3.05) is 20.3 Å². The quantitative estimate of drug-likeness (QED) is 0.575. The molecular weight excluding hydrogens is 306 g/mol. The van der Waals surface area contributed by atoms with E-state index in [0.29, 0.717) is 19.7 Å². The van der Waals surface area contributed by atoms with Gasteiger partial charge in [0, 0.05) is 6.54 Å². The van der Waals surface area contributed by atoms with Crippen molar-refractivity contribution < 1.29 is 13.9 Å². The fourth-order valence-corrected chi connectivity index (χ4v) is 2.18. The molecule has 2 N–H and O–H groups in total. The average Bonchev–Trinajstić information content (AvgIpc) is 3.11. The van der Waals surface area contributed by atoms with Gasteiger partial charge in [-0.05, 0) is 43.7 Å². The van der Waals surface area contributed by atoms with Gasteiger partial charge in [0.2, 0.25) is 0 Å². The third-order valence-electron chi connectivity index (χ3n) is 3.30. The smallest absolute Gasteiger partial charge is 0.191 e. The van der Waals surface area contributed by atoms with Gasteiger partial charge in [-0.2, -0.15) is 0 Å². The summed E-state index contributed by atoms with van der Waals surface area (Å²) in [6.45, 7) is 6.49. The molecule has 0 aliphatic heterocycles. The van der Waals surface area contributed by atoms with Crippen LogP contribution in [-0.2, 0) is 13.1 Å². The van der Waals surface area contributed by atoms with E-state index in [1.807, 2.05) is 44.2 Å². The van der Waals surface area contributed by atoms with Gasteiger partial charge in [0.1, 0.15) is 5.76 Å². The number of benzene rings is 1. The lowest BCUT2D eigenvalue weighted by Crippen LogP contribution is -2.36. The summed E-state index contributed by atoms with van der Waals surface area (Å²) in [4.78, 5) is 4.60. The first kappa shape index (κ1) is 17.7. The molecule has 0 fully saturated rings. The molecule has 6 heteroatoms. The lowest BCUT2D eigenvalue weighted by Gasteiger charge is -2.12. The predicted molar refractivity (Wildman–Crippen MR) is 94.5 cm³/mol. The second-order valence-electron chi connectivity index (χ2n) is 5.05. The van der Waals surface area contributed by atoms with Crippen molar-refractivity contribution in [3.05, 3.63) is 47.9 Å². The van der Waals surface area contributed by atoms with Crippen molar-refractivity contribution in [3.8, 4) is 11.5 Å². The Kier molecular flexibility index (Phi) is 7.01. The Morgan fingerprint density at radius 2 is 2.04 bits per heavy atom. The van der Waals surface area contributed by atoms with E-state index in [1.54, 1.807) is 13.4 Å². The van der Waals surface area contributed by atoms with E-state index in [9.17, 15) is 0 Å². The number of guanidine groups is 1. The van der Waals surface area contributed by atoms with E-state index < -0.39 is 0 Å². The zero-order chi connectivity index (χ0) is 17.2. The van der Waals surface area contributed by atoms with Gasteiger partial charge < -0.3 is 24.5 Å². The number of hydrogen-bond donors (Lipinski definition) is 2. The molecule has 0 amide bonds. The summed E-state index contributed by atoms with van der Waals surface area (Å²) in [6.07, 6.45) is 1.66. The summed E-state index contributed by atoms with van der Waals surface area (Å²) < 4.78 is 16.2. The molecule has 0 saturated heterocycles. The molecule has 0 aliphatic rings. The molecule has 0 aliphatic carbocycles. The van der Waals surface area contributed by atoms with Gasteiger partial charge in [-0.15, -0.1) is 0 Å². The Bertz CT molecular complexity index is 639. The molecule has 0 spiro atoms. The minimum atomic E-state index is 0.539. The predicted octanol–water partition coefficient (Wildman–Crippen LogP) is 2.94.